The van der Waals surface area contributed by atoms with Gasteiger partial charge in [-0.15, -0.1) is 0 Å². The zero-order valence-electron chi connectivity index (χ0n) is 18.3. The number of nitrogens with zero attached hydrogens (tertiary/aromatic N) is 1. The van der Waals surface area contributed by atoms with Gasteiger partial charge in [-0.2, -0.15) is 0 Å². The smallest absolute Gasteiger partial charge is 0.338 e. The van der Waals surface area contributed by atoms with Crippen LogP contribution in [0.4, 0.5) is 16.2 Å². The molecule has 33 heavy (non-hydrogen) atoms. The van der Waals surface area contributed by atoms with Crippen molar-refractivity contribution in [3.63, 3.8) is 0 Å². The van der Waals surface area contributed by atoms with E-state index in [1.807, 2.05) is 24.3 Å². The molecule has 2 saturated heterocycles. The van der Waals surface area contributed by atoms with Crippen LogP contribution < -0.4 is 16.0 Å². The molecule has 2 heterocycles. The lowest BCUT2D eigenvalue weighted by Gasteiger charge is -2.40. The van der Waals surface area contributed by atoms with Crippen LogP contribution in [0, 0.1) is 0 Å². The van der Waals surface area contributed by atoms with Gasteiger partial charge in [0.15, 0.2) is 5.11 Å². The molecule has 1 unspecified atom stereocenters. The largest absolute Gasteiger partial charge is 0.462 e. The Morgan fingerprint density at radius 1 is 1.00 bits per heavy atom. The molecule has 0 radical (unpaired) electrons. The monoisotopic (exact) mass is 486 g/mol. The molecule has 0 saturated carbocycles. The highest BCUT2D eigenvalue weighted by molar-refractivity contribution is 7.80. The number of esters is 1. The first-order valence-corrected chi connectivity index (χ1v) is 11.9. The average Bonchev–Trinajstić information content (AvgIpc) is 3.06. The number of thiocarbonyl (C=S) groups is 1. The molecule has 0 aromatic heterocycles. The molecule has 2 amide bonds. The fourth-order valence-corrected chi connectivity index (χ4v) is 5.15. The summed E-state index contributed by atoms with van der Waals surface area (Å²) in [6.45, 7) is 2.09. The minimum atomic E-state index is -0.376. The Morgan fingerprint density at radius 3 is 2.18 bits per heavy atom. The molecule has 0 aliphatic carbocycles. The van der Waals surface area contributed by atoms with Crippen LogP contribution in [-0.4, -0.2) is 46.7 Å². The highest BCUT2D eigenvalue weighted by Gasteiger charge is 2.42. The van der Waals surface area contributed by atoms with Gasteiger partial charge < -0.3 is 25.6 Å². The molecule has 174 valence electrons. The van der Waals surface area contributed by atoms with Gasteiger partial charge in [0.05, 0.1) is 12.2 Å². The molecule has 9 heteroatoms. The summed E-state index contributed by atoms with van der Waals surface area (Å²) < 4.78 is 4.98. The van der Waals surface area contributed by atoms with Crippen LogP contribution in [0.1, 0.15) is 43.0 Å². The second-order valence-electron chi connectivity index (χ2n) is 8.29. The van der Waals surface area contributed by atoms with E-state index in [2.05, 4.69) is 20.9 Å². The van der Waals surface area contributed by atoms with Crippen molar-refractivity contribution in [3.05, 3.63) is 59.1 Å². The van der Waals surface area contributed by atoms with E-state index in [-0.39, 0.29) is 18.0 Å². The van der Waals surface area contributed by atoms with Gasteiger partial charge in [0.25, 0.3) is 0 Å². The van der Waals surface area contributed by atoms with Crippen LogP contribution in [0.25, 0.3) is 0 Å². The number of anilines is 2. The topological polar surface area (TPSA) is 82.7 Å². The second kappa shape index (κ2) is 10.4. The van der Waals surface area contributed by atoms with Gasteiger partial charge in [-0.25, -0.2) is 9.59 Å². The van der Waals surface area contributed by atoms with Crippen molar-refractivity contribution in [2.24, 2.45) is 0 Å². The summed E-state index contributed by atoms with van der Waals surface area (Å²) in [6.07, 6.45) is 3.80. The van der Waals surface area contributed by atoms with E-state index in [1.165, 1.54) is 0 Å². The Kier molecular flexibility index (Phi) is 7.35. The summed E-state index contributed by atoms with van der Waals surface area (Å²) in [4.78, 5) is 26.6. The van der Waals surface area contributed by atoms with Gasteiger partial charge in [0.1, 0.15) is 0 Å². The number of hydrogen-bond acceptors (Lipinski definition) is 4. The summed E-state index contributed by atoms with van der Waals surface area (Å²) in [5.41, 5.74) is 1.99. The third-order valence-electron chi connectivity index (χ3n) is 6.05. The molecule has 7 nitrogen and oxygen atoms in total. The van der Waals surface area contributed by atoms with Gasteiger partial charge in [-0.1, -0.05) is 11.6 Å². The molecular formula is C24H27ClN4O3S. The Labute approximate surface area is 203 Å². The van der Waals surface area contributed by atoms with Gasteiger partial charge in [-0.05, 0) is 93.4 Å². The average molecular weight is 487 g/mol. The number of ether oxygens (including phenoxy) is 1. The van der Waals surface area contributed by atoms with Crippen molar-refractivity contribution in [2.45, 2.75) is 50.7 Å². The lowest BCUT2D eigenvalue weighted by atomic mass is 9.98. The van der Waals surface area contributed by atoms with Crippen LogP contribution >= 0.6 is 23.8 Å². The number of piperidine rings is 1. The van der Waals surface area contributed by atoms with Crippen molar-refractivity contribution in [3.8, 4) is 0 Å². The normalized spacial score (nSPS) is 21.3. The first-order chi connectivity index (χ1) is 15.9. The molecule has 2 bridgehead atoms. The zero-order valence-corrected chi connectivity index (χ0v) is 19.9. The zero-order chi connectivity index (χ0) is 23.4. The van der Waals surface area contributed by atoms with Crippen LogP contribution in [-0.2, 0) is 4.74 Å². The molecule has 0 spiro atoms. The van der Waals surface area contributed by atoms with Crippen LogP contribution in [0.15, 0.2) is 48.5 Å². The summed E-state index contributed by atoms with van der Waals surface area (Å²) in [6, 6.07) is 14.6. The predicted molar refractivity (Wildman–Crippen MR) is 134 cm³/mol. The summed E-state index contributed by atoms with van der Waals surface area (Å²) in [5, 5.41) is 10.7. The van der Waals surface area contributed by atoms with Gasteiger partial charge >= 0.3 is 12.0 Å². The molecule has 2 aromatic carbocycles. The van der Waals surface area contributed by atoms with E-state index >= 15 is 0 Å². The molecular weight excluding hydrogens is 460 g/mol. The summed E-state index contributed by atoms with van der Waals surface area (Å²) >= 11 is 11.7. The molecule has 2 fully saturated rings. The van der Waals surface area contributed by atoms with Crippen molar-refractivity contribution in [1.82, 2.24) is 10.2 Å². The van der Waals surface area contributed by atoms with E-state index in [0.717, 1.165) is 36.5 Å². The third-order valence-corrected chi connectivity index (χ3v) is 6.62. The van der Waals surface area contributed by atoms with Crippen LogP contribution in [0.5, 0.6) is 0 Å². The van der Waals surface area contributed by atoms with E-state index < -0.39 is 0 Å². The van der Waals surface area contributed by atoms with Crippen molar-refractivity contribution in [2.75, 3.05) is 17.2 Å². The maximum absolute atomic E-state index is 12.5. The first-order valence-electron chi connectivity index (χ1n) is 11.1. The minimum absolute atomic E-state index is 0.0795. The molecule has 3 atom stereocenters. The van der Waals surface area contributed by atoms with Crippen LogP contribution in [0.3, 0.4) is 0 Å². The number of rotatable bonds is 5. The maximum atomic E-state index is 12.5. The van der Waals surface area contributed by atoms with Crippen molar-refractivity contribution in [1.29, 1.82) is 0 Å². The van der Waals surface area contributed by atoms with E-state index in [9.17, 15) is 9.59 Å². The summed E-state index contributed by atoms with van der Waals surface area (Å²) in [7, 11) is 0. The number of benzene rings is 2. The Hall–Kier alpha value is -2.84. The van der Waals surface area contributed by atoms with E-state index in [4.69, 9.17) is 28.6 Å². The van der Waals surface area contributed by atoms with Crippen molar-refractivity contribution < 1.29 is 14.3 Å². The van der Waals surface area contributed by atoms with Gasteiger partial charge in [-0.3, -0.25) is 0 Å². The number of carbonyl (C=O) groups excluding carboxylic acids is 2. The van der Waals surface area contributed by atoms with E-state index in [1.54, 1.807) is 31.2 Å². The molecule has 2 aliphatic heterocycles. The Morgan fingerprint density at radius 2 is 1.58 bits per heavy atom. The summed E-state index contributed by atoms with van der Waals surface area (Å²) in [5.74, 6) is -0.376. The molecule has 3 N–H and O–H groups in total. The molecule has 2 aromatic rings. The fraction of sp³-hybridized carbons (Fsp3) is 0.375. The number of halogens is 1. The SMILES string of the molecule is CCOC(=O)c1ccc(NC(=O)NC2C[C@H]3CC[C@@H](C2)N3C(=S)Nc2ccc(Cl)cc2)cc1. The minimum Gasteiger partial charge on any atom is -0.462 e. The lowest BCUT2D eigenvalue weighted by molar-refractivity contribution is 0.0526. The first kappa shape index (κ1) is 23.3. The van der Waals surface area contributed by atoms with Crippen LogP contribution in [0.2, 0.25) is 5.02 Å². The van der Waals surface area contributed by atoms with Gasteiger partial charge in [0.2, 0.25) is 0 Å². The van der Waals surface area contributed by atoms with E-state index in [0.29, 0.717) is 35.0 Å². The number of nitrogens with one attached hydrogen (secondary N) is 3. The maximum Gasteiger partial charge on any atom is 0.338 e. The van der Waals surface area contributed by atoms with Crippen molar-refractivity contribution >= 4 is 52.3 Å². The highest BCUT2D eigenvalue weighted by Crippen LogP contribution is 2.36. The molecule has 4 rings (SSSR count). The Bertz CT molecular complexity index is 1000. The number of hydrogen-bond donors (Lipinski definition) is 3. The fourth-order valence-electron chi connectivity index (χ4n) is 4.60. The number of urea groups is 1. The number of amides is 2. The number of fused-ring (bicyclic) bond motifs is 2. The second-order valence-corrected chi connectivity index (χ2v) is 9.12. The number of carbonyl (C=O) groups is 2. The van der Waals surface area contributed by atoms with Gasteiger partial charge in [0, 0.05) is 34.5 Å². The lowest BCUT2D eigenvalue weighted by Crippen LogP contribution is -2.54. The Balaban J connectivity index is 1.29. The third kappa shape index (κ3) is 5.75. The highest BCUT2D eigenvalue weighted by atomic mass is 35.5. The molecule has 2 aliphatic rings. The standard InChI is InChI=1S/C24H27ClN4O3S/c1-2-32-22(30)15-3-7-17(8-4-15)26-23(31)27-19-13-20-11-12-21(14-19)29(20)24(33)28-18-9-5-16(25)6-10-18/h3-10,19-21H,2,11-14H2,1H3,(H,28,33)(H2,26,27,31)/t19?,20-,21+. The quantitative estimate of drug-likeness (QED) is 0.406. The predicted octanol–water partition coefficient (Wildman–Crippen LogP) is 5.03.